The Hall–Kier alpha value is -5.26. The quantitative estimate of drug-likeness (QED) is 0.157. The number of ether oxygens (including phenoxy) is 1. The number of rotatable bonds is 7. The van der Waals surface area contributed by atoms with Crippen molar-refractivity contribution in [3.63, 3.8) is 0 Å². The van der Waals surface area contributed by atoms with Crippen molar-refractivity contribution >= 4 is 22.9 Å². The van der Waals surface area contributed by atoms with Crippen LogP contribution < -0.4 is 10.1 Å². The molecule has 0 aliphatic heterocycles. The lowest BCUT2D eigenvalue weighted by molar-refractivity contribution is -0.384. The predicted molar refractivity (Wildman–Crippen MR) is 150 cm³/mol. The molecule has 2 heterocycles. The van der Waals surface area contributed by atoms with Crippen molar-refractivity contribution in [2.45, 2.75) is 32.9 Å². The average molecular weight is 576 g/mol. The lowest BCUT2D eigenvalue weighted by atomic mass is 10.0. The van der Waals surface area contributed by atoms with E-state index >= 15 is 0 Å². The van der Waals surface area contributed by atoms with Gasteiger partial charge in [-0.05, 0) is 36.6 Å². The number of hydrogen-bond acceptors (Lipinski definition) is 6. The van der Waals surface area contributed by atoms with Crippen LogP contribution in [0.1, 0.15) is 46.9 Å². The minimum atomic E-state index is -4.80. The summed E-state index contributed by atoms with van der Waals surface area (Å²) < 4.78 is 48.4. The molecule has 0 bridgehead atoms. The molecule has 0 radical (unpaired) electrons. The fraction of sp³-hybridized carbons (Fsp3) is 0.167. The number of anilines is 1. The van der Waals surface area contributed by atoms with Gasteiger partial charge in [-0.3, -0.25) is 14.9 Å². The second-order valence-corrected chi connectivity index (χ2v) is 9.94. The van der Waals surface area contributed by atoms with Crippen LogP contribution in [-0.4, -0.2) is 25.4 Å². The van der Waals surface area contributed by atoms with Gasteiger partial charge in [-0.1, -0.05) is 55.8 Å². The third-order valence-electron chi connectivity index (χ3n) is 6.50. The molecule has 42 heavy (non-hydrogen) atoms. The van der Waals surface area contributed by atoms with Crippen molar-refractivity contribution in [3.8, 4) is 22.8 Å². The highest BCUT2D eigenvalue weighted by atomic mass is 19.4. The number of aromatic nitrogens is 3. The van der Waals surface area contributed by atoms with Gasteiger partial charge in [0.15, 0.2) is 11.3 Å². The molecule has 0 aliphatic rings. The van der Waals surface area contributed by atoms with E-state index in [1.165, 1.54) is 12.1 Å². The van der Waals surface area contributed by atoms with Crippen molar-refractivity contribution in [2.24, 2.45) is 0 Å². The van der Waals surface area contributed by atoms with Gasteiger partial charge in [0.25, 0.3) is 11.6 Å². The molecule has 0 unspecified atom stereocenters. The van der Waals surface area contributed by atoms with Crippen LogP contribution in [0.25, 0.3) is 16.9 Å². The maximum atomic E-state index is 14.0. The maximum absolute atomic E-state index is 14.0. The predicted octanol–water partition coefficient (Wildman–Crippen LogP) is 7.80. The van der Waals surface area contributed by atoms with Crippen molar-refractivity contribution in [2.75, 3.05) is 5.32 Å². The molecular formula is C30H24F3N5O4. The fourth-order valence-corrected chi connectivity index (χ4v) is 4.27. The monoisotopic (exact) mass is 575 g/mol. The van der Waals surface area contributed by atoms with Crippen LogP contribution in [0.2, 0.25) is 0 Å². The highest BCUT2D eigenvalue weighted by Crippen LogP contribution is 2.34. The molecule has 0 spiro atoms. The third kappa shape index (κ3) is 5.92. The molecule has 3 aromatic carbocycles. The Kier molecular flexibility index (Phi) is 7.38. The summed E-state index contributed by atoms with van der Waals surface area (Å²) in [5, 5.41) is 17.9. The van der Waals surface area contributed by atoms with E-state index in [1.54, 1.807) is 36.4 Å². The lowest BCUT2D eigenvalue weighted by Gasteiger charge is -2.13. The summed E-state index contributed by atoms with van der Waals surface area (Å²) in [6, 6.07) is 18.5. The number of nitrogens with one attached hydrogen (secondary N) is 1. The molecule has 0 saturated heterocycles. The number of non-ortho nitro benzene ring substituents is 1. The van der Waals surface area contributed by atoms with E-state index in [-0.39, 0.29) is 39.9 Å². The summed E-state index contributed by atoms with van der Waals surface area (Å²) in [4.78, 5) is 28.6. The topological polar surface area (TPSA) is 112 Å². The van der Waals surface area contributed by atoms with Crippen molar-refractivity contribution in [1.82, 2.24) is 14.6 Å². The number of aryl methyl sites for hydroxylation is 1. The molecule has 0 saturated carbocycles. The van der Waals surface area contributed by atoms with E-state index < -0.39 is 22.7 Å². The number of nitrogens with zero attached hydrogens (tertiary/aromatic N) is 4. The SMILES string of the molecule is Cc1ccc(Oc2cc(NC(=O)c3cnn4c(C(F)(F)F)cc(-c5ccc(C(C)C)cc5)nc34)cc([N+](=O)[O-])c2)cc1. The third-order valence-corrected chi connectivity index (χ3v) is 6.50. The molecule has 12 heteroatoms. The largest absolute Gasteiger partial charge is 0.457 e. The Morgan fingerprint density at radius 1 is 1.00 bits per heavy atom. The molecular weight excluding hydrogens is 551 g/mol. The first-order valence-electron chi connectivity index (χ1n) is 12.8. The van der Waals surface area contributed by atoms with E-state index in [0.717, 1.165) is 29.5 Å². The van der Waals surface area contributed by atoms with Gasteiger partial charge < -0.3 is 10.1 Å². The minimum absolute atomic E-state index is 0.00353. The summed E-state index contributed by atoms with van der Waals surface area (Å²) in [6.45, 7) is 5.89. The normalized spacial score (nSPS) is 11.6. The molecule has 0 atom stereocenters. The number of nitro benzene ring substituents is 1. The molecule has 0 fully saturated rings. The molecule has 5 aromatic rings. The Bertz CT molecular complexity index is 1800. The first-order valence-corrected chi connectivity index (χ1v) is 12.8. The Morgan fingerprint density at radius 2 is 1.69 bits per heavy atom. The van der Waals surface area contributed by atoms with Gasteiger partial charge in [0.2, 0.25) is 0 Å². The number of nitro groups is 1. The molecule has 1 N–H and O–H groups in total. The van der Waals surface area contributed by atoms with Gasteiger partial charge in [0.05, 0.1) is 28.6 Å². The van der Waals surface area contributed by atoms with E-state index in [0.29, 0.717) is 15.8 Å². The van der Waals surface area contributed by atoms with Gasteiger partial charge in [-0.25, -0.2) is 9.50 Å². The van der Waals surface area contributed by atoms with Gasteiger partial charge >= 0.3 is 6.18 Å². The number of carbonyl (C=O) groups excluding carboxylic acids is 1. The molecule has 2 aromatic heterocycles. The van der Waals surface area contributed by atoms with Crippen molar-refractivity contribution in [1.29, 1.82) is 0 Å². The number of halogens is 3. The number of fused-ring (bicyclic) bond motifs is 1. The second-order valence-electron chi connectivity index (χ2n) is 9.94. The Labute approximate surface area is 237 Å². The highest BCUT2D eigenvalue weighted by molar-refractivity contribution is 6.08. The molecule has 5 rings (SSSR count). The standard InChI is InChI=1S/C30H24F3N5O4/c1-17(2)19-6-8-20(9-7-19)26-15-27(30(31,32)33)37-28(36-26)25(16-34-37)29(39)35-21-12-22(38(40)41)14-24(13-21)42-23-10-4-18(3)5-11-23/h4-17H,1-3H3,(H,35,39). The second kappa shape index (κ2) is 11.0. The average Bonchev–Trinajstić information content (AvgIpc) is 3.37. The van der Waals surface area contributed by atoms with Gasteiger partial charge in [0.1, 0.15) is 17.1 Å². The smallest absolute Gasteiger partial charge is 0.433 e. The van der Waals surface area contributed by atoms with Crippen LogP contribution in [-0.2, 0) is 6.18 Å². The summed E-state index contributed by atoms with van der Waals surface area (Å²) in [6.07, 6.45) is -3.82. The van der Waals surface area contributed by atoms with E-state index in [1.807, 2.05) is 32.9 Å². The van der Waals surface area contributed by atoms with E-state index in [2.05, 4.69) is 15.4 Å². The number of amides is 1. The molecule has 1 amide bonds. The molecule has 9 nitrogen and oxygen atoms in total. The Balaban J connectivity index is 1.53. The number of alkyl halides is 3. The first kappa shape index (κ1) is 28.3. The zero-order valence-electron chi connectivity index (χ0n) is 22.6. The zero-order chi connectivity index (χ0) is 30.2. The summed E-state index contributed by atoms with van der Waals surface area (Å²) in [5.74, 6) is -0.145. The van der Waals surface area contributed by atoms with Gasteiger partial charge in [-0.15, -0.1) is 0 Å². The zero-order valence-corrected chi connectivity index (χ0v) is 22.6. The van der Waals surface area contributed by atoms with Gasteiger partial charge in [0, 0.05) is 17.7 Å². The maximum Gasteiger partial charge on any atom is 0.433 e. The van der Waals surface area contributed by atoms with Crippen LogP contribution in [0.15, 0.2) is 79.0 Å². The number of benzene rings is 3. The Morgan fingerprint density at radius 3 is 2.31 bits per heavy atom. The highest BCUT2D eigenvalue weighted by Gasteiger charge is 2.36. The fourth-order valence-electron chi connectivity index (χ4n) is 4.27. The van der Waals surface area contributed by atoms with E-state index in [4.69, 9.17) is 4.74 Å². The summed E-state index contributed by atoms with van der Waals surface area (Å²) >= 11 is 0. The van der Waals surface area contributed by atoms with Gasteiger partial charge in [-0.2, -0.15) is 18.3 Å². The van der Waals surface area contributed by atoms with Crippen molar-refractivity contribution in [3.05, 3.63) is 111 Å². The van der Waals surface area contributed by atoms with Crippen LogP contribution in [0, 0.1) is 17.0 Å². The number of hydrogen-bond donors (Lipinski definition) is 1. The molecule has 214 valence electrons. The lowest BCUT2D eigenvalue weighted by Crippen LogP contribution is -2.16. The summed E-state index contributed by atoms with van der Waals surface area (Å²) in [7, 11) is 0. The summed E-state index contributed by atoms with van der Waals surface area (Å²) in [5.41, 5.74) is 0.356. The molecule has 0 aliphatic carbocycles. The van der Waals surface area contributed by atoms with Crippen LogP contribution in [0.5, 0.6) is 11.5 Å². The minimum Gasteiger partial charge on any atom is -0.457 e. The number of carbonyl (C=O) groups is 1. The van der Waals surface area contributed by atoms with Crippen LogP contribution in [0.3, 0.4) is 0 Å². The van der Waals surface area contributed by atoms with Crippen molar-refractivity contribution < 1.29 is 27.6 Å². The van der Waals surface area contributed by atoms with Crippen LogP contribution in [0.4, 0.5) is 24.5 Å². The first-order chi connectivity index (χ1) is 19.9. The van der Waals surface area contributed by atoms with Crippen LogP contribution >= 0.6 is 0 Å². The van der Waals surface area contributed by atoms with E-state index in [9.17, 15) is 28.1 Å².